The summed E-state index contributed by atoms with van der Waals surface area (Å²) < 4.78 is 0. The molecule has 0 aliphatic rings. The average Bonchev–Trinajstić information content (AvgIpc) is 2.68. The molecule has 0 saturated carbocycles. The van der Waals surface area contributed by atoms with Crippen LogP contribution in [-0.4, -0.2) is 15.1 Å². The van der Waals surface area contributed by atoms with Crippen molar-refractivity contribution in [1.29, 1.82) is 0 Å². The molecule has 0 amide bonds. The molecule has 19 heavy (non-hydrogen) atoms. The highest BCUT2D eigenvalue weighted by Crippen LogP contribution is 2.26. The molecule has 0 bridgehead atoms. The van der Waals surface area contributed by atoms with Gasteiger partial charge in [0.05, 0.1) is 16.3 Å². The van der Waals surface area contributed by atoms with Gasteiger partial charge in [-0.25, -0.2) is 0 Å². The van der Waals surface area contributed by atoms with Gasteiger partial charge in [-0.05, 0) is 19.4 Å². The van der Waals surface area contributed by atoms with Crippen molar-refractivity contribution in [2.45, 2.75) is 13.8 Å². The van der Waals surface area contributed by atoms with E-state index < -0.39 is 4.92 Å². The molecule has 2 N–H and O–H groups in total. The summed E-state index contributed by atoms with van der Waals surface area (Å²) in [6.07, 6.45) is 0. The van der Waals surface area contributed by atoms with E-state index >= 15 is 0 Å². The maximum absolute atomic E-state index is 11.4. The first-order valence-corrected chi connectivity index (χ1v) is 5.43. The molecule has 2 aromatic rings. The largest absolute Gasteiger partial charge is 0.300 e. The maximum atomic E-state index is 11.4. The molecule has 1 aromatic carbocycles. The van der Waals surface area contributed by atoms with Crippen LogP contribution in [0.2, 0.25) is 0 Å². The lowest BCUT2D eigenvalue weighted by atomic mass is 10.2. The number of aryl methyl sites for hydroxylation is 2. The van der Waals surface area contributed by atoms with Crippen LogP contribution in [0.4, 0.5) is 17.1 Å². The number of H-pyrrole nitrogens is 2. The molecule has 0 atom stereocenters. The lowest BCUT2D eigenvalue weighted by Crippen LogP contribution is -1.96. The van der Waals surface area contributed by atoms with Gasteiger partial charge < -0.3 is 5.10 Å². The number of nitro groups is 1. The summed E-state index contributed by atoms with van der Waals surface area (Å²) in [4.78, 5) is 21.5. The quantitative estimate of drug-likeness (QED) is 0.502. The number of benzene rings is 1. The summed E-state index contributed by atoms with van der Waals surface area (Å²) in [6, 6.07) is 4.29. The van der Waals surface area contributed by atoms with Crippen molar-refractivity contribution >= 4 is 17.1 Å². The van der Waals surface area contributed by atoms with Crippen molar-refractivity contribution in [3.63, 3.8) is 0 Å². The number of hydrogen-bond acceptors (Lipinski definition) is 5. The minimum absolute atomic E-state index is 0.0701. The van der Waals surface area contributed by atoms with Crippen LogP contribution >= 0.6 is 0 Å². The monoisotopic (exact) mass is 261 g/mol. The number of azo groups is 1. The summed E-state index contributed by atoms with van der Waals surface area (Å²) in [5.74, 6) is 0. The first-order valence-electron chi connectivity index (χ1n) is 5.43. The van der Waals surface area contributed by atoms with Crippen LogP contribution in [0, 0.1) is 24.0 Å². The summed E-state index contributed by atoms with van der Waals surface area (Å²) in [5, 5.41) is 23.4. The second-order valence-electron chi connectivity index (χ2n) is 3.98. The Hall–Kier alpha value is -2.77. The second-order valence-corrected chi connectivity index (χ2v) is 3.98. The molecule has 1 heterocycles. The third-order valence-electron chi connectivity index (χ3n) is 2.60. The number of nitrogens with zero attached hydrogens (tertiary/aromatic N) is 3. The van der Waals surface area contributed by atoms with Crippen LogP contribution < -0.4 is 5.56 Å². The van der Waals surface area contributed by atoms with Gasteiger partial charge in [0, 0.05) is 12.1 Å². The Morgan fingerprint density at radius 1 is 1.21 bits per heavy atom. The van der Waals surface area contributed by atoms with Gasteiger partial charge in [0.2, 0.25) is 0 Å². The third kappa shape index (κ3) is 2.57. The third-order valence-corrected chi connectivity index (χ3v) is 2.60. The van der Waals surface area contributed by atoms with Crippen molar-refractivity contribution in [2.75, 3.05) is 0 Å². The number of nitrogens with one attached hydrogen (secondary N) is 2. The van der Waals surface area contributed by atoms with E-state index in [4.69, 9.17) is 0 Å². The Morgan fingerprint density at radius 3 is 2.53 bits per heavy atom. The van der Waals surface area contributed by atoms with Crippen LogP contribution in [0.3, 0.4) is 0 Å². The lowest BCUT2D eigenvalue weighted by molar-refractivity contribution is -0.384. The summed E-state index contributed by atoms with van der Waals surface area (Å²) >= 11 is 0. The SMILES string of the molecule is Cc1ccc([N+](=O)[O-])cc1N=Nc1c(C)[nH][nH]c1=O. The zero-order valence-electron chi connectivity index (χ0n) is 10.3. The molecule has 0 radical (unpaired) electrons. The molecule has 0 fully saturated rings. The minimum atomic E-state index is -0.507. The minimum Gasteiger partial charge on any atom is -0.300 e. The van der Waals surface area contributed by atoms with E-state index in [9.17, 15) is 14.9 Å². The Morgan fingerprint density at radius 2 is 1.95 bits per heavy atom. The van der Waals surface area contributed by atoms with Crippen LogP contribution in [0.5, 0.6) is 0 Å². The van der Waals surface area contributed by atoms with E-state index in [1.54, 1.807) is 19.9 Å². The molecular weight excluding hydrogens is 250 g/mol. The number of hydrogen-bond donors (Lipinski definition) is 2. The average molecular weight is 261 g/mol. The maximum Gasteiger partial charge on any atom is 0.291 e. The van der Waals surface area contributed by atoms with E-state index in [2.05, 4.69) is 20.4 Å². The van der Waals surface area contributed by atoms with Gasteiger partial charge in [-0.15, -0.1) is 10.2 Å². The van der Waals surface area contributed by atoms with Gasteiger partial charge in [0.25, 0.3) is 11.2 Å². The number of aromatic nitrogens is 2. The van der Waals surface area contributed by atoms with Gasteiger partial charge in [0.1, 0.15) is 0 Å². The van der Waals surface area contributed by atoms with Gasteiger partial charge >= 0.3 is 0 Å². The molecule has 98 valence electrons. The van der Waals surface area contributed by atoms with Crippen molar-refractivity contribution in [3.05, 3.63) is 49.9 Å². The first kappa shape index (κ1) is 12.7. The standard InChI is InChI=1S/C11H11N5O3/c1-6-3-4-8(16(18)19)5-9(6)13-14-10-7(2)12-15-11(10)17/h3-5H,1-2H3,(H2,12,15,17). The summed E-state index contributed by atoms with van der Waals surface area (Å²) in [7, 11) is 0. The second kappa shape index (κ2) is 4.84. The van der Waals surface area contributed by atoms with E-state index in [-0.39, 0.29) is 16.9 Å². The molecule has 0 saturated heterocycles. The smallest absolute Gasteiger partial charge is 0.291 e. The van der Waals surface area contributed by atoms with Gasteiger partial charge in [-0.3, -0.25) is 20.0 Å². The Labute approximate surface area is 107 Å². The van der Waals surface area contributed by atoms with Crippen molar-refractivity contribution in [1.82, 2.24) is 10.2 Å². The fraction of sp³-hybridized carbons (Fsp3) is 0.182. The van der Waals surface area contributed by atoms with Crippen LogP contribution in [-0.2, 0) is 0 Å². The van der Waals surface area contributed by atoms with E-state index in [1.807, 2.05) is 0 Å². The normalized spacial score (nSPS) is 11.1. The Balaban J connectivity index is 2.41. The highest BCUT2D eigenvalue weighted by Gasteiger charge is 2.09. The van der Waals surface area contributed by atoms with E-state index in [0.29, 0.717) is 11.4 Å². The predicted molar refractivity (Wildman–Crippen MR) is 68.2 cm³/mol. The molecule has 8 nitrogen and oxygen atoms in total. The van der Waals surface area contributed by atoms with E-state index in [1.165, 1.54) is 12.1 Å². The molecule has 0 spiro atoms. The van der Waals surface area contributed by atoms with Gasteiger partial charge in [0.15, 0.2) is 5.69 Å². The van der Waals surface area contributed by atoms with Gasteiger partial charge in [-0.1, -0.05) is 6.07 Å². The topological polar surface area (TPSA) is 117 Å². The molecular formula is C11H11N5O3. The fourth-order valence-electron chi connectivity index (χ4n) is 1.48. The molecule has 1 aromatic heterocycles. The van der Waals surface area contributed by atoms with Crippen LogP contribution in [0.25, 0.3) is 0 Å². The first-order chi connectivity index (χ1) is 8.99. The number of nitro benzene ring substituents is 1. The number of non-ortho nitro benzene ring substituents is 1. The Bertz CT molecular complexity index is 713. The summed E-state index contributed by atoms with van der Waals surface area (Å²) in [6.45, 7) is 3.43. The van der Waals surface area contributed by atoms with Crippen molar-refractivity contribution in [2.24, 2.45) is 10.2 Å². The Kier molecular flexibility index (Phi) is 3.23. The number of aromatic amines is 2. The zero-order chi connectivity index (χ0) is 14.0. The lowest BCUT2D eigenvalue weighted by Gasteiger charge is -1.98. The van der Waals surface area contributed by atoms with Crippen LogP contribution in [0.15, 0.2) is 33.2 Å². The number of rotatable bonds is 3. The highest BCUT2D eigenvalue weighted by atomic mass is 16.6. The predicted octanol–water partition coefficient (Wildman–Crippen LogP) is 2.64. The zero-order valence-corrected chi connectivity index (χ0v) is 10.3. The van der Waals surface area contributed by atoms with Crippen molar-refractivity contribution in [3.8, 4) is 0 Å². The molecule has 0 aliphatic carbocycles. The fourth-order valence-corrected chi connectivity index (χ4v) is 1.48. The van der Waals surface area contributed by atoms with E-state index in [0.717, 1.165) is 5.56 Å². The molecule has 8 heteroatoms. The molecule has 0 unspecified atom stereocenters. The van der Waals surface area contributed by atoms with Crippen LogP contribution in [0.1, 0.15) is 11.3 Å². The van der Waals surface area contributed by atoms with Crippen molar-refractivity contribution < 1.29 is 4.92 Å². The van der Waals surface area contributed by atoms with Gasteiger partial charge in [-0.2, -0.15) is 0 Å². The molecule has 0 aliphatic heterocycles. The summed E-state index contributed by atoms with van der Waals surface area (Å²) in [5.41, 5.74) is 1.35. The highest BCUT2D eigenvalue weighted by molar-refractivity contribution is 5.53. The molecule has 2 rings (SSSR count).